The first-order valence-corrected chi connectivity index (χ1v) is 4.99. The van der Waals surface area contributed by atoms with Crippen LogP contribution in [0, 0.1) is 0 Å². The molecule has 14 heavy (non-hydrogen) atoms. The van der Waals surface area contributed by atoms with Crippen LogP contribution < -0.4 is 0 Å². The van der Waals surface area contributed by atoms with E-state index in [2.05, 4.69) is 0 Å². The summed E-state index contributed by atoms with van der Waals surface area (Å²) in [6.45, 7) is 1.81. The van der Waals surface area contributed by atoms with Crippen LogP contribution in [0.3, 0.4) is 0 Å². The van der Waals surface area contributed by atoms with Gasteiger partial charge in [0, 0.05) is 10.0 Å². The molecule has 0 heterocycles. The number of carboxylic acid groups (broad SMARTS) is 1. The van der Waals surface area contributed by atoms with Gasteiger partial charge in [0.15, 0.2) is 0 Å². The number of carboxylic acids is 1. The molecule has 1 N–H and O–H groups in total. The monoisotopic (exact) mass is 232 g/mol. The molecule has 0 bridgehead atoms. The number of hydrogen-bond acceptors (Lipinski definition) is 1. The SMILES string of the molecule is CC[C@@H](C(=O)O)c1ccc(Cl)cc1Cl. The predicted octanol–water partition coefficient (Wildman–Crippen LogP) is 3.57. The van der Waals surface area contributed by atoms with Gasteiger partial charge >= 0.3 is 5.97 Å². The van der Waals surface area contributed by atoms with Gasteiger partial charge in [-0.25, -0.2) is 0 Å². The molecule has 1 aromatic carbocycles. The molecule has 0 aromatic heterocycles. The third-order valence-corrected chi connectivity index (χ3v) is 2.61. The Morgan fingerprint density at radius 3 is 2.57 bits per heavy atom. The van der Waals surface area contributed by atoms with Crippen LogP contribution in [0.2, 0.25) is 10.0 Å². The average Bonchev–Trinajstić information content (AvgIpc) is 2.09. The molecule has 2 nitrogen and oxygen atoms in total. The molecule has 0 unspecified atom stereocenters. The molecule has 0 fully saturated rings. The number of halogens is 2. The largest absolute Gasteiger partial charge is 0.481 e. The van der Waals surface area contributed by atoms with Crippen molar-refractivity contribution < 1.29 is 9.90 Å². The van der Waals surface area contributed by atoms with Crippen molar-refractivity contribution in [2.45, 2.75) is 19.3 Å². The standard InChI is InChI=1S/C10H10Cl2O2/c1-2-7(10(13)14)8-4-3-6(11)5-9(8)12/h3-5,7H,2H2,1H3,(H,13,14)/t7-/m1/s1. The van der Waals surface area contributed by atoms with Crippen molar-refractivity contribution >= 4 is 29.2 Å². The first-order valence-electron chi connectivity index (χ1n) is 4.24. The summed E-state index contributed by atoms with van der Waals surface area (Å²) >= 11 is 11.6. The Morgan fingerprint density at radius 1 is 1.50 bits per heavy atom. The summed E-state index contributed by atoms with van der Waals surface area (Å²) in [5.41, 5.74) is 0.617. The molecular formula is C10H10Cl2O2. The molecule has 1 atom stereocenters. The zero-order valence-electron chi connectivity index (χ0n) is 7.63. The maximum absolute atomic E-state index is 10.9. The summed E-state index contributed by atoms with van der Waals surface area (Å²) in [5, 5.41) is 9.85. The minimum atomic E-state index is -0.864. The number of carbonyl (C=O) groups is 1. The lowest BCUT2D eigenvalue weighted by Gasteiger charge is -2.11. The van der Waals surface area contributed by atoms with Crippen LogP contribution >= 0.6 is 23.2 Å². The van der Waals surface area contributed by atoms with Gasteiger partial charge in [-0.15, -0.1) is 0 Å². The summed E-state index contributed by atoms with van der Waals surface area (Å²) in [4.78, 5) is 10.9. The van der Waals surface area contributed by atoms with E-state index in [0.717, 1.165) is 0 Å². The summed E-state index contributed by atoms with van der Waals surface area (Å²) in [6, 6.07) is 4.87. The molecule has 0 aliphatic carbocycles. The number of aliphatic carboxylic acids is 1. The van der Waals surface area contributed by atoms with Gasteiger partial charge in [-0.1, -0.05) is 36.2 Å². The molecule has 1 rings (SSSR count). The second-order valence-electron chi connectivity index (χ2n) is 2.96. The number of benzene rings is 1. The highest BCUT2D eigenvalue weighted by molar-refractivity contribution is 6.35. The van der Waals surface area contributed by atoms with E-state index >= 15 is 0 Å². The van der Waals surface area contributed by atoms with Gasteiger partial charge in [-0.3, -0.25) is 4.79 Å². The molecule has 0 saturated heterocycles. The summed E-state index contributed by atoms with van der Waals surface area (Å²) in [7, 11) is 0. The van der Waals surface area contributed by atoms with E-state index in [9.17, 15) is 4.79 Å². The van der Waals surface area contributed by atoms with Gasteiger partial charge in [-0.2, -0.15) is 0 Å². The molecular weight excluding hydrogens is 223 g/mol. The second kappa shape index (κ2) is 4.67. The highest BCUT2D eigenvalue weighted by atomic mass is 35.5. The minimum absolute atomic E-state index is 0.409. The highest BCUT2D eigenvalue weighted by Gasteiger charge is 2.19. The Kier molecular flexibility index (Phi) is 3.78. The van der Waals surface area contributed by atoms with Crippen molar-refractivity contribution in [1.82, 2.24) is 0 Å². The van der Waals surface area contributed by atoms with E-state index in [1.807, 2.05) is 6.92 Å². The topological polar surface area (TPSA) is 37.3 Å². The first-order chi connectivity index (χ1) is 6.56. The highest BCUT2D eigenvalue weighted by Crippen LogP contribution is 2.29. The van der Waals surface area contributed by atoms with Gasteiger partial charge in [0.05, 0.1) is 5.92 Å². The van der Waals surface area contributed by atoms with Gasteiger partial charge in [-0.05, 0) is 24.1 Å². The van der Waals surface area contributed by atoms with Crippen molar-refractivity contribution in [2.75, 3.05) is 0 Å². The van der Waals surface area contributed by atoms with Crippen LogP contribution in [0.1, 0.15) is 24.8 Å². The lowest BCUT2D eigenvalue weighted by atomic mass is 9.97. The maximum Gasteiger partial charge on any atom is 0.311 e. The third kappa shape index (κ3) is 2.40. The fraction of sp³-hybridized carbons (Fsp3) is 0.300. The molecule has 0 radical (unpaired) electrons. The Morgan fingerprint density at radius 2 is 2.14 bits per heavy atom. The van der Waals surface area contributed by atoms with E-state index in [4.69, 9.17) is 28.3 Å². The molecule has 0 spiro atoms. The Hall–Kier alpha value is -0.730. The lowest BCUT2D eigenvalue weighted by Crippen LogP contribution is -2.10. The van der Waals surface area contributed by atoms with Crippen LogP contribution in [0.15, 0.2) is 18.2 Å². The summed E-state index contributed by atoms with van der Waals surface area (Å²) in [6.07, 6.45) is 0.511. The zero-order chi connectivity index (χ0) is 10.7. The second-order valence-corrected chi connectivity index (χ2v) is 3.81. The Bertz CT molecular complexity index is 350. The molecule has 76 valence electrons. The fourth-order valence-corrected chi connectivity index (χ4v) is 1.85. The van der Waals surface area contributed by atoms with Crippen molar-refractivity contribution in [1.29, 1.82) is 0 Å². The first kappa shape index (κ1) is 11.3. The molecule has 0 aliphatic heterocycles. The molecule has 0 amide bonds. The van der Waals surface area contributed by atoms with Crippen molar-refractivity contribution in [3.8, 4) is 0 Å². The van der Waals surface area contributed by atoms with Gasteiger partial charge in [0.1, 0.15) is 0 Å². The van der Waals surface area contributed by atoms with Crippen LogP contribution in [0.4, 0.5) is 0 Å². The Balaban J connectivity index is 3.10. The Labute approximate surface area is 92.5 Å². The van der Waals surface area contributed by atoms with E-state index in [1.165, 1.54) is 0 Å². The van der Waals surface area contributed by atoms with Crippen molar-refractivity contribution in [2.24, 2.45) is 0 Å². The summed E-state index contributed by atoms with van der Waals surface area (Å²) < 4.78 is 0. The predicted molar refractivity (Wildman–Crippen MR) is 57.1 cm³/mol. The quantitative estimate of drug-likeness (QED) is 0.866. The van der Waals surface area contributed by atoms with Gasteiger partial charge < -0.3 is 5.11 Å². The zero-order valence-corrected chi connectivity index (χ0v) is 9.14. The average molecular weight is 233 g/mol. The number of rotatable bonds is 3. The van der Waals surface area contributed by atoms with Gasteiger partial charge in [0.2, 0.25) is 0 Å². The van der Waals surface area contributed by atoms with Gasteiger partial charge in [0.25, 0.3) is 0 Å². The summed E-state index contributed by atoms with van der Waals surface area (Å²) in [5.74, 6) is -1.42. The van der Waals surface area contributed by atoms with Crippen molar-refractivity contribution in [3.63, 3.8) is 0 Å². The van der Waals surface area contributed by atoms with E-state index in [0.29, 0.717) is 22.0 Å². The van der Waals surface area contributed by atoms with E-state index in [-0.39, 0.29) is 0 Å². The minimum Gasteiger partial charge on any atom is -0.481 e. The number of hydrogen-bond donors (Lipinski definition) is 1. The third-order valence-electron chi connectivity index (χ3n) is 2.04. The normalized spacial score (nSPS) is 12.5. The molecule has 0 aliphatic rings. The van der Waals surface area contributed by atoms with Crippen LogP contribution in [0.25, 0.3) is 0 Å². The fourth-order valence-electron chi connectivity index (χ4n) is 1.31. The smallest absolute Gasteiger partial charge is 0.311 e. The lowest BCUT2D eigenvalue weighted by molar-refractivity contribution is -0.138. The van der Waals surface area contributed by atoms with Crippen LogP contribution in [0.5, 0.6) is 0 Å². The van der Waals surface area contributed by atoms with E-state index in [1.54, 1.807) is 18.2 Å². The molecule has 0 saturated carbocycles. The van der Waals surface area contributed by atoms with Crippen molar-refractivity contribution in [3.05, 3.63) is 33.8 Å². The molecule has 4 heteroatoms. The van der Waals surface area contributed by atoms with Crippen LogP contribution in [-0.2, 0) is 4.79 Å². The van der Waals surface area contributed by atoms with Crippen LogP contribution in [-0.4, -0.2) is 11.1 Å². The van der Waals surface area contributed by atoms with E-state index < -0.39 is 11.9 Å². The molecule has 1 aromatic rings. The maximum atomic E-state index is 10.9.